The lowest BCUT2D eigenvalue weighted by atomic mass is 9.91. The van der Waals surface area contributed by atoms with Gasteiger partial charge >= 0.3 is 12.3 Å². The number of carbonyl (C=O) groups excluding carboxylic acids is 1. The first kappa shape index (κ1) is 18.8. The van der Waals surface area contributed by atoms with Crippen LogP contribution < -0.4 is 0 Å². The van der Waals surface area contributed by atoms with Crippen LogP contribution in [-0.2, 0) is 11.3 Å². The lowest BCUT2D eigenvalue weighted by molar-refractivity contribution is -0.143. The number of alkyl halides is 3. The predicted octanol–water partition coefficient (Wildman–Crippen LogP) is 4.16. The molecule has 1 saturated carbocycles. The summed E-state index contributed by atoms with van der Waals surface area (Å²) < 4.78 is 45.5. The molecule has 140 valence electrons. The van der Waals surface area contributed by atoms with Gasteiger partial charge in [0.2, 0.25) is 0 Å². The molecule has 1 aromatic heterocycles. The van der Waals surface area contributed by atoms with E-state index < -0.39 is 18.3 Å². The molecule has 5 nitrogen and oxygen atoms in total. The predicted molar refractivity (Wildman–Crippen MR) is 93.2 cm³/mol. The Bertz CT molecular complexity index is 669. The second-order valence-electron chi connectivity index (χ2n) is 7.79. The number of halogens is 4. The van der Waals surface area contributed by atoms with E-state index in [0.717, 1.165) is 11.1 Å². The lowest BCUT2D eigenvalue weighted by Gasteiger charge is -2.33. The molecule has 1 unspecified atom stereocenters. The van der Waals surface area contributed by atoms with Gasteiger partial charge in [0.05, 0.1) is 0 Å². The highest BCUT2D eigenvalue weighted by atomic mass is 127. The standard InChI is InChI=1S/C16H21F3IN3O2/c1-15(2,3)25-14(24)22-7-9-4-10(22)5-11(9)12-6-13(20)21-23(12)8-16(17,18)19/h6,9-11H,4-5,7-8H2,1-3H3/t9-,10?,11+/m0/s1. The molecule has 0 aromatic carbocycles. The summed E-state index contributed by atoms with van der Waals surface area (Å²) in [6.45, 7) is 4.91. The molecule has 2 fully saturated rings. The summed E-state index contributed by atoms with van der Waals surface area (Å²) in [5.74, 6) is 0.152. The summed E-state index contributed by atoms with van der Waals surface area (Å²) in [6.07, 6.45) is -3.18. The van der Waals surface area contributed by atoms with E-state index in [4.69, 9.17) is 4.74 Å². The Kier molecular flexibility index (Phi) is 4.74. The first-order valence-electron chi connectivity index (χ1n) is 8.22. The molecule has 1 aromatic rings. The highest BCUT2D eigenvalue weighted by Crippen LogP contribution is 2.48. The third-order valence-corrected chi connectivity index (χ3v) is 5.19. The van der Waals surface area contributed by atoms with Crippen molar-refractivity contribution in [2.24, 2.45) is 5.92 Å². The third kappa shape index (κ3) is 4.22. The van der Waals surface area contributed by atoms with E-state index in [1.54, 1.807) is 11.0 Å². The third-order valence-electron chi connectivity index (χ3n) is 4.66. The van der Waals surface area contributed by atoms with Gasteiger partial charge in [-0.3, -0.25) is 4.68 Å². The number of piperidine rings is 1. The average Bonchev–Trinajstić information content (AvgIpc) is 3.07. The topological polar surface area (TPSA) is 47.4 Å². The van der Waals surface area contributed by atoms with Crippen LogP contribution in [0.4, 0.5) is 18.0 Å². The maximum atomic E-state index is 12.8. The van der Waals surface area contributed by atoms with Crippen LogP contribution in [0.25, 0.3) is 0 Å². The van der Waals surface area contributed by atoms with Crippen molar-refractivity contribution in [3.63, 3.8) is 0 Å². The van der Waals surface area contributed by atoms with E-state index in [-0.39, 0.29) is 24.0 Å². The van der Waals surface area contributed by atoms with E-state index in [2.05, 4.69) is 5.10 Å². The summed E-state index contributed by atoms with van der Waals surface area (Å²) in [5, 5.41) is 4.00. The normalized spacial score (nSPS) is 26.4. The zero-order valence-corrected chi connectivity index (χ0v) is 16.5. The summed E-state index contributed by atoms with van der Waals surface area (Å²) in [6, 6.07) is 1.76. The highest BCUT2D eigenvalue weighted by molar-refractivity contribution is 14.1. The van der Waals surface area contributed by atoms with Crippen LogP contribution in [0.15, 0.2) is 6.07 Å². The Hall–Kier alpha value is -1.00. The molecule has 2 heterocycles. The van der Waals surface area contributed by atoms with Gasteiger partial charge in [-0.15, -0.1) is 0 Å². The van der Waals surface area contributed by atoms with E-state index in [0.29, 0.717) is 22.4 Å². The molecule has 0 radical (unpaired) electrons. The Labute approximate surface area is 158 Å². The molecular weight excluding hydrogens is 450 g/mol. The molecule has 1 saturated heterocycles. The van der Waals surface area contributed by atoms with Crippen LogP contribution >= 0.6 is 22.6 Å². The summed E-state index contributed by atoms with van der Waals surface area (Å²) in [4.78, 5) is 14.0. The number of hydrogen-bond donors (Lipinski definition) is 0. The van der Waals surface area contributed by atoms with Crippen molar-refractivity contribution in [1.29, 1.82) is 0 Å². The zero-order valence-electron chi connectivity index (χ0n) is 14.3. The molecule has 3 rings (SSSR count). The second-order valence-corrected chi connectivity index (χ2v) is 8.89. The second kappa shape index (κ2) is 6.31. The molecule has 25 heavy (non-hydrogen) atoms. The van der Waals surface area contributed by atoms with Gasteiger partial charge in [-0.2, -0.15) is 18.3 Å². The maximum Gasteiger partial charge on any atom is 0.410 e. The van der Waals surface area contributed by atoms with Gasteiger partial charge in [0.1, 0.15) is 15.8 Å². The fourth-order valence-corrected chi connectivity index (χ4v) is 4.43. The number of aromatic nitrogens is 2. The molecule has 1 amide bonds. The number of carbonyl (C=O) groups is 1. The van der Waals surface area contributed by atoms with Gasteiger partial charge in [-0.1, -0.05) is 0 Å². The fourth-order valence-electron chi connectivity index (χ4n) is 3.85. The van der Waals surface area contributed by atoms with Crippen LogP contribution in [0.5, 0.6) is 0 Å². The zero-order chi connectivity index (χ0) is 18.6. The molecule has 1 aliphatic heterocycles. The minimum absolute atomic E-state index is 0.00190. The number of ether oxygens (including phenoxy) is 1. The average molecular weight is 471 g/mol. The number of hydrogen-bond acceptors (Lipinski definition) is 3. The van der Waals surface area contributed by atoms with Crippen molar-refractivity contribution < 1.29 is 22.7 Å². The van der Waals surface area contributed by atoms with Crippen molar-refractivity contribution in [3.8, 4) is 0 Å². The fraction of sp³-hybridized carbons (Fsp3) is 0.750. The Morgan fingerprint density at radius 2 is 2.04 bits per heavy atom. The van der Waals surface area contributed by atoms with Gasteiger partial charge in [-0.25, -0.2) is 4.79 Å². The van der Waals surface area contributed by atoms with E-state index in [1.807, 2.05) is 43.4 Å². The van der Waals surface area contributed by atoms with Crippen molar-refractivity contribution in [3.05, 3.63) is 15.5 Å². The molecule has 0 spiro atoms. The monoisotopic (exact) mass is 471 g/mol. The quantitative estimate of drug-likeness (QED) is 0.609. The van der Waals surface area contributed by atoms with Gasteiger partial charge in [0, 0.05) is 24.2 Å². The number of nitrogens with zero attached hydrogens (tertiary/aromatic N) is 3. The number of fused-ring (bicyclic) bond motifs is 2. The smallest absolute Gasteiger partial charge is 0.410 e. The van der Waals surface area contributed by atoms with Crippen molar-refractivity contribution in [2.45, 2.75) is 63.9 Å². The van der Waals surface area contributed by atoms with Crippen molar-refractivity contribution >= 4 is 28.7 Å². The van der Waals surface area contributed by atoms with Gasteiger partial charge in [0.15, 0.2) is 0 Å². The molecule has 0 N–H and O–H groups in total. The van der Waals surface area contributed by atoms with E-state index in [1.165, 1.54) is 0 Å². The van der Waals surface area contributed by atoms with Crippen LogP contribution in [0, 0.1) is 9.62 Å². The van der Waals surface area contributed by atoms with E-state index in [9.17, 15) is 18.0 Å². The first-order valence-corrected chi connectivity index (χ1v) is 9.30. The molecule has 2 aliphatic rings. The number of amides is 1. The maximum absolute atomic E-state index is 12.8. The van der Waals surface area contributed by atoms with Gasteiger partial charge in [-0.05, 0) is 68.2 Å². The summed E-state index contributed by atoms with van der Waals surface area (Å²) in [5.41, 5.74) is 0.0674. The summed E-state index contributed by atoms with van der Waals surface area (Å²) >= 11 is 1.94. The molecule has 3 atom stereocenters. The van der Waals surface area contributed by atoms with Crippen molar-refractivity contribution in [2.75, 3.05) is 6.54 Å². The van der Waals surface area contributed by atoms with Gasteiger partial charge in [0.25, 0.3) is 0 Å². The summed E-state index contributed by atoms with van der Waals surface area (Å²) in [7, 11) is 0. The largest absolute Gasteiger partial charge is 0.444 e. The van der Waals surface area contributed by atoms with Crippen LogP contribution in [0.2, 0.25) is 0 Å². The highest BCUT2D eigenvalue weighted by Gasteiger charge is 2.49. The molecule has 9 heteroatoms. The molecular formula is C16H21F3IN3O2. The van der Waals surface area contributed by atoms with Crippen molar-refractivity contribution in [1.82, 2.24) is 14.7 Å². The Morgan fingerprint density at radius 3 is 2.56 bits per heavy atom. The number of likely N-dealkylation sites (tertiary alicyclic amines) is 1. The van der Waals surface area contributed by atoms with Crippen LogP contribution in [-0.4, -0.2) is 45.1 Å². The Balaban J connectivity index is 1.72. The van der Waals surface area contributed by atoms with Gasteiger partial charge < -0.3 is 9.64 Å². The molecule has 2 bridgehead atoms. The van der Waals surface area contributed by atoms with Crippen LogP contribution in [0.1, 0.15) is 45.2 Å². The Morgan fingerprint density at radius 1 is 1.36 bits per heavy atom. The van der Waals surface area contributed by atoms with Crippen LogP contribution in [0.3, 0.4) is 0 Å². The van der Waals surface area contributed by atoms with E-state index >= 15 is 0 Å². The minimum Gasteiger partial charge on any atom is -0.444 e. The molecule has 1 aliphatic carbocycles. The number of rotatable bonds is 2. The lowest BCUT2D eigenvalue weighted by Crippen LogP contribution is -2.43. The minimum atomic E-state index is -4.30. The first-order chi connectivity index (χ1) is 11.4. The SMILES string of the molecule is CC(C)(C)OC(=O)N1C[C@@H]2CC1C[C@H]2c1cc(I)nn1CC(F)(F)F.